The fraction of sp³-hybridized carbons (Fsp3) is 0.154. The molecule has 0 spiro atoms. The van der Waals surface area contributed by atoms with Crippen LogP contribution in [0.5, 0.6) is 0 Å². The fourth-order valence-electron chi connectivity index (χ4n) is 1.52. The second-order valence-electron chi connectivity index (χ2n) is 3.46. The third-order valence-electron chi connectivity index (χ3n) is 2.33. The van der Waals surface area contributed by atoms with Gasteiger partial charge in [0.1, 0.15) is 0 Å². The Bertz CT molecular complexity index is 404. The maximum atomic E-state index is 11.8. The van der Waals surface area contributed by atoms with E-state index in [1.54, 1.807) is 0 Å². The number of benzene rings is 1. The lowest BCUT2D eigenvalue weighted by molar-refractivity contribution is -0.112. The van der Waals surface area contributed by atoms with E-state index in [2.05, 4.69) is 11.4 Å². The molecule has 0 atom stereocenters. The summed E-state index contributed by atoms with van der Waals surface area (Å²) in [5, 5.41) is 2.87. The smallest absolute Gasteiger partial charge is 0.251 e. The van der Waals surface area contributed by atoms with Crippen LogP contribution in [0.25, 0.3) is 0 Å². The minimum Gasteiger partial charge on any atom is -0.322 e. The Morgan fingerprint density at radius 1 is 1.13 bits per heavy atom. The van der Waals surface area contributed by atoms with Gasteiger partial charge in [0.05, 0.1) is 0 Å². The molecule has 0 aromatic heterocycles. The van der Waals surface area contributed by atoms with E-state index >= 15 is 0 Å². The van der Waals surface area contributed by atoms with Crippen molar-refractivity contribution in [3.63, 3.8) is 0 Å². The second kappa shape index (κ2) is 4.60. The average Bonchev–Trinajstić information content (AvgIpc) is 2.31. The number of carbonyl (C=O) groups is 1. The topological polar surface area (TPSA) is 29.1 Å². The number of hydrogen-bond donors (Lipinski definition) is 1. The van der Waals surface area contributed by atoms with Crippen molar-refractivity contribution < 1.29 is 4.79 Å². The first-order chi connectivity index (χ1) is 7.36. The number of rotatable bonds is 2. The van der Waals surface area contributed by atoms with Crippen LogP contribution in [0.2, 0.25) is 0 Å². The van der Waals surface area contributed by atoms with E-state index in [1.807, 2.05) is 42.5 Å². The van der Waals surface area contributed by atoms with E-state index in [0.29, 0.717) is 0 Å². The molecule has 1 aliphatic rings. The number of nitrogens with one attached hydrogen (secondary N) is 1. The summed E-state index contributed by atoms with van der Waals surface area (Å²) in [6.45, 7) is 0. The number of allylic oxidation sites excluding steroid dienone is 3. The molecule has 2 rings (SSSR count). The number of anilines is 1. The highest BCUT2D eigenvalue weighted by Crippen LogP contribution is 2.14. The Labute approximate surface area is 89.3 Å². The minimum atomic E-state index is 0.00514. The van der Waals surface area contributed by atoms with Crippen LogP contribution in [0.1, 0.15) is 12.8 Å². The average molecular weight is 199 g/mol. The van der Waals surface area contributed by atoms with Crippen molar-refractivity contribution in [1.82, 2.24) is 0 Å². The Hall–Kier alpha value is -1.83. The zero-order valence-electron chi connectivity index (χ0n) is 8.44. The van der Waals surface area contributed by atoms with Gasteiger partial charge in [-0.25, -0.2) is 0 Å². The monoisotopic (exact) mass is 199 g/mol. The summed E-state index contributed by atoms with van der Waals surface area (Å²) < 4.78 is 0. The summed E-state index contributed by atoms with van der Waals surface area (Å²) >= 11 is 0. The lowest BCUT2D eigenvalue weighted by Crippen LogP contribution is -2.14. The molecular formula is C13H13NO. The summed E-state index contributed by atoms with van der Waals surface area (Å²) in [6, 6.07) is 9.52. The number of carbonyl (C=O) groups excluding carboxylic acids is 1. The minimum absolute atomic E-state index is 0.00514. The normalized spacial score (nSPS) is 14.5. The highest BCUT2D eigenvalue weighted by atomic mass is 16.1. The molecule has 0 aliphatic heterocycles. The molecule has 0 saturated heterocycles. The van der Waals surface area contributed by atoms with Crippen LogP contribution in [0.4, 0.5) is 5.69 Å². The van der Waals surface area contributed by atoms with Gasteiger partial charge in [0, 0.05) is 11.3 Å². The van der Waals surface area contributed by atoms with Gasteiger partial charge in [-0.1, -0.05) is 36.4 Å². The first-order valence-electron chi connectivity index (χ1n) is 5.07. The van der Waals surface area contributed by atoms with E-state index in [-0.39, 0.29) is 5.91 Å². The van der Waals surface area contributed by atoms with Crippen molar-refractivity contribution in [2.75, 3.05) is 5.32 Å². The molecule has 2 nitrogen and oxygen atoms in total. The number of para-hydroxylation sites is 1. The van der Waals surface area contributed by atoms with Crippen molar-refractivity contribution in [2.24, 2.45) is 0 Å². The maximum Gasteiger partial charge on any atom is 0.251 e. The van der Waals surface area contributed by atoms with Gasteiger partial charge >= 0.3 is 0 Å². The van der Waals surface area contributed by atoms with Crippen molar-refractivity contribution in [3.05, 3.63) is 54.1 Å². The van der Waals surface area contributed by atoms with Gasteiger partial charge in [0.2, 0.25) is 0 Å². The molecule has 0 heterocycles. The standard InChI is InChI=1S/C13H13NO/c15-13(11-7-3-1-4-8-11)14-12-9-5-2-6-10-12/h1-3,5-6,8-10H,4,7H2,(H,14,15). The maximum absolute atomic E-state index is 11.8. The van der Waals surface area contributed by atoms with Crippen LogP contribution in [0.15, 0.2) is 54.1 Å². The molecule has 2 heteroatoms. The molecule has 76 valence electrons. The first kappa shape index (κ1) is 9.71. The summed E-state index contributed by atoms with van der Waals surface area (Å²) in [7, 11) is 0. The van der Waals surface area contributed by atoms with E-state index in [9.17, 15) is 4.79 Å². The van der Waals surface area contributed by atoms with Gasteiger partial charge in [0.25, 0.3) is 5.91 Å². The molecular weight excluding hydrogens is 186 g/mol. The Morgan fingerprint density at radius 3 is 2.60 bits per heavy atom. The van der Waals surface area contributed by atoms with Crippen LogP contribution < -0.4 is 5.32 Å². The van der Waals surface area contributed by atoms with Crippen molar-refractivity contribution in [2.45, 2.75) is 12.8 Å². The summed E-state index contributed by atoms with van der Waals surface area (Å²) in [5.41, 5.74) is 1.69. The lowest BCUT2D eigenvalue weighted by Gasteiger charge is -2.09. The van der Waals surface area contributed by atoms with Gasteiger partial charge in [-0.15, -0.1) is 0 Å². The Balaban J connectivity index is 2.01. The molecule has 1 aromatic rings. The highest BCUT2D eigenvalue weighted by Gasteiger charge is 2.09. The molecule has 1 aromatic carbocycles. The molecule has 1 amide bonds. The van der Waals surface area contributed by atoms with Gasteiger partial charge in [-0.3, -0.25) is 4.79 Å². The molecule has 0 radical (unpaired) electrons. The van der Waals surface area contributed by atoms with Crippen LogP contribution >= 0.6 is 0 Å². The van der Waals surface area contributed by atoms with Gasteiger partial charge in [0.15, 0.2) is 0 Å². The zero-order chi connectivity index (χ0) is 10.5. The van der Waals surface area contributed by atoms with Crippen LogP contribution in [0, 0.1) is 0 Å². The van der Waals surface area contributed by atoms with Gasteiger partial charge < -0.3 is 5.32 Å². The zero-order valence-corrected chi connectivity index (χ0v) is 8.44. The SMILES string of the molecule is O=C(Nc1ccccc1)C1=CCC=CC1. The van der Waals surface area contributed by atoms with E-state index < -0.39 is 0 Å². The lowest BCUT2D eigenvalue weighted by atomic mass is 10.1. The largest absolute Gasteiger partial charge is 0.322 e. The molecule has 0 saturated carbocycles. The van der Waals surface area contributed by atoms with E-state index in [4.69, 9.17) is 0 Å². The quantitative estimate of drug-likeness (QED) is 0.729. The first-order valence-corrected chi connectivity index (χ1v) is 5.07. The van der Waals surface area contributed by atoms with E-state index in [1.165, 1.54) is 0 Å². The molecule has 0 bridgehead atoms. The molecule has 15 heavy (non-hydrogen) atoms. The summed E-state index contributed by atoms with van der Waals surface area (Å²) in [5.74, 6) is 0.00514. The van der Waals surface area contributed by atoms with Crippen molar-refractivity contribution in [3.8, 4) is 0 Å². The highest BCUT2D eigenvalue weighted by molar-refractivity contribution is 6.04. The molecule has 1 N–H and O–H groups in total. The summed E-state index contributed by atoms with van der Waals surface area (Å²) in [6.07, 6.45) is 7.66. The number of amides is 1. The Kier molecular flexibility index (Phi) is 2.98. The second-order valence-corrected chi connectivity index (χ2v) is 3.46. The predicted octanol–water partition coefficient (Wildman–Crippen LogP) is 2.90. The Morgan fingerprint density at radius 2 is 1.93 bits per heavy atom. The molecule has 1 aliphatic carbocycles. The van der Waals surface area contributed by atoms with Crippen LogP contribution in [-0.2, 0) is 4.79 Å². The third kappa shape index (κ3) is 2.56. The van der Waals surface area contributed by atoms with Crippen LogP contribution in [0.3, 0.4) is 0 Å². The number of hydrogen-bond acceptors (Lipinski definition) is 1. The fourth-order valence-corrected chi connectivity index (χ4v) is 1.52. The van der Waals surface area contributed by atoms with Crippen LogP contribution in [-0.4, -0.2) is 5.91 Å². The van der Waals surface area contributed by atoms with Crippen molar-refractivity contribution in [1.29, 1.82) is 0 Å². The predicted molar refractivity (Wildman–Crippen MR) is 61.5 cm³/mol. The van der Waals surface area contributed by atoms with E-state index in [0.717, 1.165) is 24.1 Å². The van der Waals surface area contributed by atoms with Gasteiger partial charge in [-0.2, -0.15) is 0 Å². The summed E-state index contributed by atoms with van der Waals surface area (Å²) in [4.78, 5) is 11.8. The molecule has 0 unspecified atom stereocenters. The molecule has 0 fully saturated rings. The van der Waals surface area contributed by atoms with Gasteiger partial charge in [-0.05, 0) is 25.0 Å². The third-order valence-corrected chi connectivity index (χ3v) is 2.33. The van der Waals surface area contributed by atoms with Crippen molar-refractivity contribution >= 4 is 11.6 Å².